The topological polar surface area (TPSA) is 69.2 Å². The van der Waals surface area contributed by atoms with E-state index in [0.717, 1.165) is 0 Å². The Hall–Kier alpha value is -0.910. The minimum atomic E-state index is -0.609. The highest BCUT2D eigenvalue weighted by Crippen LogP contribution is 2.27. The molecule has 0 spiro atoms. The Morgan fingerprint density at radius 3 is 2.69 bits per heavy atom. The molecular weight excluding hydrogens is 258 g/mol. The van der Waals surface area contributed by atoms with Crippen molar-refractivity contribution in [3.05, 3.63) is 38.9 Å². The van der Waals surface area contributed by atoms with Crippen LogP contribution in [0.5, 0.6) is 0 Å². The number of benzene rings is 1. The van der Waals surface area contributed by atoms with Crippen LogP contribution >= 0.6 is 24.0 Å². The molecule has 2 N–H and O–H groups in total. The van der Waals surface area contributed by atoms with Gasteiger partial charge in [0.25, 0.3) is 5.69 Å². The molecule has 1 aromatic rings. The van der Waals surface area contributed by atoms with Crippen molar-refractivity contribution in [1.82, 2.24) is 0 Å². The van der Waals surface area contributed by atoms with Gasteiger partial charge >= 0.3 is 0 Å². The van der Waals surface area contributed by atoms with Crippen LogP contribution in [0.1, 0.15) is 18.0 Å². The first-order chi connectivity index (χ1) is 7.06. The fraction of sp³-hybridized carbons (Fsp3) is 0.333. The van der Waals surface area contributed by atoms with Crippen LogP contribution in [0.4, 0.5) is 10.1 Å². The van der Waals surface area contributed by atoms with Crippen molar-refractivity contribution in [2.75, 3.05) is 6.67 Å². The molecule has 0 bridgehead atoms. The van der Waals surface area contributed by atoms with E-state index in [1.807, 2.05) is 0 Å². The Labute approximate surface area is 103 Å². The molecule has 0 unspecified atom stereocenters. The third kappa shape index (κ3) is 3.59. The van der Waals surface area contributed by atoms with Gasteiger partial charge in [-0.2, -0.15) is 0 Å². The van der Waals surface area contributed by atoms with Gasteiger partial charge in [-0.1, -0.05) is 11.6 Å². The summed E-state index contributed by atoms with van der Waals surface area (Å²) in [6.45, 7) is -0.583. The molecule has 16 heavy (non-hydrogen) atoms. The second-order valence-electron chi connectivity index (χ2n) is 3.05. The monoisotopic (exact) mass is 268 g/mol. The lowest BCUT2D eigenvalue weighted by Crippen LogP contribution is -2.11. The largest absolute Gasteiger partial charge is 0.324 e. The molecular formula is C9H11Cl2FN2O2. The van der Waals surface area contributed by atoms with E-state index in [9.17, 15) is 14.5 Å². The van der Waals surface area contributed by atoms with Crippen LogP contribution in [-0.4, -0.2) is 11.6 Å². The Balaban J connectivity index is 0.00000225. The molecule has 0 aliphatic heterocycles. The summed E-state index contributed by atoms with van der Waals surface area (Å²) in [7, 11) is 0. The van der Waals surface area contributed by atoms with Crippen LogP contribution in [0.15, 0.2) is 18.2 Å². The maximum atomic E-state index is 12.1. The SMILES string of the molecule is Cl.N[C@@H](CCF)c1cc([N+](=O)[O-])ccc1Cl. The number of nitro benzene ring substituents is 1. The van der Waals surface area contributed by atoms with Gasteiger partial charge in [0.2, 0.25) is 0 Å². The average molecular weight is 269 g/mol. The number of halogens is 3. The van der Waals surface area contributed by atoms with Gasteiger partial charge < -0.3 is 5.73 Å². The highest BCUT2D eigenvalue weighted by atomic mass is 35.5. The summed E-state index contributed by atoms with van der Waals surface area (Å²) in [6, 6.07) is 3.35. The molecule has 1 atom stereocenters. The summed E-state index contributed by atoms with van der Waals surface area (Å²) in [5.41, 5.74) is 5.94. The Morgan fingerprint density at radius 2 is 2.19 bits per heavy atom. The number of rotatable bonds is 4. The van der Waals surface area contributed by atoms with E-state index in [-0.39, 0.29) is 24.5 Å². The Bertz CT molecular complexity index is 377. The minimum Gasteiger partial charge on any atom is -0.324 e. The van der Waals surface area contributed by atoms with E-state index in [2.05, 4.69) is 0 Å². The summed E-state index contributed by atoms with van der Waals surface area (Å²) < 4.78 is 12.1. The Kier molecular flexibility index (Phi) is 6.25. The molecule has 0 heterocycles. The lowest BCUT2D eigenvalue weighted by molar-refractivity contribution is -0.384. The van der Waals surface area contributed by atoms with Crippen molar-refractivity contribution < 1.29 is 9.31 Å². The number of nitrogens with zero attached hydrogens (tertiary/aromatic N) is 1. The van der Waals surface area contributed by atoms with E-state index in [0.29, 0.717) is 10.6 Å². The molecule has 90 valence electrons. The van der Waals surface area contributed by atoms with E-state index >= 15 is 0 Å². The van der Waals surface area contributed by atoms with Crippen molar-refractivity contribution in [3.63, 3.8) is 0 Å². The highest BCUT2D eigenvalue weighted by molar-refractivity contribution is 6.31. The van der Waals surface area contributed by atoms with Gasteiger partial charge in [-0.3, -0.25) is 14.5 Å². The molecule has 0 saturated carbocycles. The van der Waals surface area contributed by atoms with Crippen LogP contribution in [0.25, 0.3) is 0 Å². The number of nitro groups is 1. The van der Waals surface area contributed by atoms with Crippen LogP contribution in [0.3, 0.4) is 0 Å². The minimum absolute atomic E-state index is 0. The third-order valence-corrected chi connectivity index (χ3v) is 2.35. The van der Waals surface area contributed by atoms with Gasteiger partial charge in [0.05, 0.1) is 11.6 Å². The quantitative estimate of drug-likeness (QED) is 0.674. The zero-order valence-corrected chi connectivity index (χ0v) is 9.80. The van der Waals surface area contributed by atoms with Crippen LogP contribution in [-0.2, 0) is 0 Å². The molecule has 0 aliphatic rings. The molecule has 1 rings (SSSR count). The smallest absolute Gasteiger partial charge is 0.269 e. The lowest BCUT2D eigenvalue weighted by atomic mass is 10.0. The van der Waals surface area contributed by atoms with Gasteiger partial charge in [0.15, 0.2) is 0 Å². The van der Waals surface area contributed by atoms with E-state index in [1.165, 1.54) is 18.2 Å². The summed E-state index contributed by atoms with van der Waals surface area (Å²) in [6.07, 6.45) is 0.0981. The van der Waals surface area contributed by atoms with Crippen molar-refractivity contribution in [1.29, 1.82) is 0 Å². The molecule has 0 saturated heterocycles. The molecule has 0 fully saturated rings. The predicted molar refractivity (Wildman–Crippen MR) is 62.9 cm³/mol. The summed E-state index contributed by atoms with van der Waals surface area (Å²) in [5, 5.41) is 10.8. The van der Waals surface area contributed by atoms with Crippen molar-refractivity contribution in [3.8, 4) is 0 Å². The Morgan fingerprint density at radius 1 is 1.56 bits per heavy atom. The van der Waals surface area contributed by atoms with E-state index < -0.39 is 17.6 Å². The molecule has 0 aromatic heterocycles. The number of hydrogen-bond acceptors (Lipinski definition) is 3. The van der Waals surface area contributed by atoms with Crippen molar-refractivity contribution in [2.45, 2.75) is 12.5 Å². The molecule has 4 nitrogen and oxygen atoms in total. The van der Waals surface area contributed by atoms with E-state index in [1.54, 1.807) is 0 Å². The number of non-ortho nitro benzene ring substituents is 1. The number of nitrogens with two attached hydrogens (primary N) is 1. The molecule has 7 heteroatoms. The number of alkyl halides is 1. The first-order valence-corrected chi connectivity index (χ1v) is 4.69. The second kappa shape index (κ2) is 6.62. The fourth-order valence-corrected chi connectivity index (χ4v) is 1.46. The van der Waals surface area contributed by atoms with Crippen LogP contribution < -0.4 is 5.73 Å². The van der Waals surface area contributed by atoms with Gasteiger partial charge in [-0.15, -0.1) is 12.4 Å². The van der Waals surface area contributed by atoms with E-state index in [4.69, 9.17) is 17.3 Å². The summed E-state index contributed by atoms with van der Waals surface area (Å²) in [5.74, 6) is 0. The molecule has 0 radical (unpaired) electrons. The fourth-order valence-electron chi connectivity index (χ4n) is 1.20. The highest BCUT2D eigenvalue weighted by Gasteiger charge is 2.14. The summed E-state index contributed by atoms with van der Waals surface area (Å²) in [4.78, 5) is 9.95. The third-order valence-electron chi connectivity index (χ3n) is 2.01. The van der Waals surface area contributed by atoms with Crippen LogP contribution in [0, 0.1) is 10.1 Å². The van der Waals surface area contributed by atoms with Gasteiger partial charge in [-0.25, -0.2) is 0 Å². The van der Waals surface area contributed by atoms with Crippen LogP contribution in [0.2, 0.25) is 5.02 Å². The lowest BCUT2D eigenvalue weighted by Gasteiger charge is -2.11. The molecule has 1 aromatic carbocycles. The van der Waals surface area contributed by atoms with Crippen molar-refractivity contribution >= 4 is 29.7 Å². The van der Waals surface area contributed by atoms with Gasteiger partial charge in [-0.05, 0) is 18.1 Å². The average Bonchev–Trinajstić information content (AvgIpc) is 2.18. The van der Waals surface area contributed by atoms with Gasteiger partial charge in [0.1, 0.15) is 0 Å². The molecule has 0 aliphatic carbocycles. The maximum Gasteiger partial charge on any atom is 0.269 e. The maximum absolute atomic E-state index is 12.1. The molecule has 0 amide bonds. The van der Waals surface area contributed by atoms with Crippen molar-refractivity contribution in [2.24, 2.45) is 5.73 Å². The number of hydrogen-bond donors (Lipinski definition) is 1. The second-order valence-corrected chi connectivity index (χ2v) is 3.45. The first-order valence-electron chi connectivity index (χ1n) is 4.31. The summed E-state index contributed by atoms with van der Waals surface area (Å²) >= 11 is 5.81. The zero-order chi connectivity index (χ0) is 11.4. The zero-order valence-electron chi connectivity index (χ0n) is 8.23. The first kappa shape index (κ1) is 15.1. The van der Waals surface area contributed by atoms with Gasteiger partial charge in [0, 0.05) is 23.2 Å². The predicted octanol–water partition coefficient (Wildman–Crippen LogP) is 3.03. The standard InChI is InChI=1S/C9H10ClFN2O2.ClH/c10-8-2-1-6(13(14)15)5-7(8)9(12)3-4-11;/h1-2,5,9H,3-4,12H2;1H/t9-;/m0./s1. The normalized spacial score (nSPS) is 11.7.